The van der Waals surface area contributed by atoms with E-state index in [1.54, 1.807) is 0 Å². The molecule has 0 amide bonds. The summed E-state index contributed by atoms with van der Waals surface area (Å²) in [5.41, 5.74) is 4.50. The predicted molar refractivity (Wildman–Crippen MR) is 80.4 cm³/mol. The average molecular weight is 255 g/mol. The lowest BCUT2D eigenvalue weighted by molar-refractivity contribution is 0.922. The summed E-state index contributed by atoms with van der Waals surface area (Å²) in [6, 6.07) is 10.6. The van der Waals surface area contributed by atoms with Crippen LogP contribution in [-0.2, 0) is 6.42 Å². The summed E-state index contributed by atoms with van der Waals surface area (Å²) in [7, 11) is 0. The minimum atomic E-state index is 0.707. The van der Waals surface area contributed by atoms with Gasteiger partial charge in [-0.15, -0.1) is 0 Å². The highest BCUT2D eigenvalue weighted by Crippen LogP contribution is 2.21. The second-order valence-electron chi connectivity index (χ2n) is 4.70. The molecule has 2 rings (SSSR count). The van der Waals surface area contributed by atoms with E-state index in [9.17, 15) is 0 Å². The topological polar surface area (TPSA) is 37.8 Å². The van der Waals surface area contributed by atoms with Crippen LogP contribution in [0, 0.1) is 6.92 Å². The van der Waals surface area contributed by atoms with Crippen LogP contribution in [0.4, 0.5) is 5.95 Å². The molecule has 1 aromatic carbocycles. The molecule has 1 aromatic heterocycles. The molecule has 3 heteroatoms. The molecule has 0 aliphatic carbocycles. The number of benzene rings is 1. The summed E-state index contributed by atoms with van der Waals surface area (Å²) in [6.45, 7) is 7.08. The third-order valence-electron chi connectivity index (χ3n) is 2.95. The SMILES string of the molecule is CCCc1cccc(-c2cc(C)nc(NCC)n2)c1. The number of nitrogens with one attached hydrogen (secondary N) is 1. The predicted octanol–water partition coefficient (Wildman–Crippen LogP) is 3.84. The quantitative estimate of drug-likeness (QED) is 0.882. The number of hydrogen-bond acceptors (Lipinski definition) is 3. The molecule has 0 spiro atoms. The minimum absolute atomic E-state index is 0.707. The van der Waals surface area contributed by atoms with Crippen LogP contribution in [0.25, 0.3) is 11.3 Å². The molecule has 0 saturated carbocycles. The van der Waals surface area contributed by atoms with Gasteiger partial charge in [-0.25, -0.2) is 9.97 Å². The Morgan fingerprint density at radius 3 is 2.68 bits per heavy atom. The van der Waals surface area contributed by atoms with Crippen LogP contribution in [0.3, 0.4) is 0 Å². The van der Waals surface area contributed by atoms with Crippen LogP contribution in [-0.4, -0.2) is 16.5 Å². The van der Waals surface area contributed by atoms with Crippen LogP contribution in [0.2, 0.25) is 0 Å². The molecule has 100 valence electrons. The fraction of sp³-hybridized carbons (Fsp3) is 0.375. The Kier molecular flexibility index (Phi) is 4.50. The van der Waals surface area contributed by atoms with E-state index < -0.39 is 0 Å². The fourth-order valence-corrected chi connectivity index (χ4v) is 2.13. The molecule has 19 heavy (non-hydrogen) atoms. The lowest BCUT2D eigenvalue weighted by Gasteiger charge is -2.08. The largest absolute Gasteiger partial charge is 0.354 e. The number of hydrogen-bond donors (Lipinski definition) is 1. The van der Waals surface area contributed by atoms with Crippen LogP contribution in [0.15, 0.2) is 30.3 Å². The molecule has 1 N–H and O–H groups in total. The lowest BCUT2D eigenvalue weighted by atomic mass is 10.0. The maximum absolute atomic E-state index is 4.57. The van der Waals surface area contributed by atoms with Crippen molar-refractivity contribution in [3.8, 4) is 11.3 Å². The Labute approximate surface area is 115 Å². The van der Waals surface area contributed by atoms with E-state index in [1.165, 1.54) is 5.56 Å². The van der Waals surface area contributed by atoms with Crippen molar-refractivity contribution >= 4 is 5.95 Å². The maximum Gasteiger partial charge on any atom is 0.223 e. The van der Waals surface area contributed by atoms with Gasteiger partial charge in [-0.05, 0) is 38.0 Å². The second kappa shape index (κ2) is 6.32. The highest BCUT2D eigenvalue weighted by atomic mass is 15.1. The van der Waals surface area contributed by atoms with Crippen LogP contribution in [0.1, 0.15) is 31.5 Å². The second-order valence-corrected chi connectivity index (χ2v) is 4.70. The van der Waals surface area contributed by atoms with Gasteiger partial charge in [0.2, 0.25) is 5.95 Å². The molecule has 0 bridgehead atoms. The number of rotatable bonds is 5. The van der Waals surface area contributed by atoms with Gasteiger partial charge in [0.15, 0.2) is 0 Å². The summed E-state index contributed by atoms with van der Waals surface area (Å²) < 4.78 is 0. The molecule has 0 atom stereocenters. The smallest absolute Gasteiger partial charge is 0.223 e. The zero-order chi connectivity index (χ0) is 13.7. The van der Waals surface area contributed by atoms with E-state index in [4.69, 9.17) is 0 Å². The zero-order valence-corrected chi connectivity index (χ0v) is 11.9. The van der Waals surface area contributed by atoms with E-state index in [0.29, 0.717) is 5.95 Å². The van der Waals surface area contributed by atoms with E-state index in [0.717, 1.165) is 36.3 Å². The first-order chi connectivity index (χ1) is 9.22. The Bertz CT molecular complexity index is 549. The molecule has 0 saturated heterocycles. The summed E-state index contributed by atoms with van der Waals surface area (Å²) in [4.78, 5) is 8.96. The van der Waals surface area contributed by atoms with E-state index in [2.05, 4.69) is 46.5 Å². The van der Waals surface area contributed by atoms with Crippen molar-refractivity contribution in [3.63, 3.8) is 0 Å². The molecule has 3 nitrogen and oxygen atoms in total. The van der Waals surface area contributed by atoms with Crippen LogP contribution in [0.5, 0.6) is 0 Å². The molecule has 0 aliphatic rings. The van der Waals surface area contributed by atoms with Crippen LogP contribution < -0.4 is 5.32 Å². The van der Waals surface area contributed by atoms with Gasteiger partial charge in [0, 0.05) is 17.8 Å². The normalized spacial score (nSPS) is 10.5. The molecule has 0 unspecified atom stereocenters. The summed E-state index contributed by atoms with van der Waals surface area (Å²) in [6.07, 6.45) is 2.27. The Hall–Kier alpha value is -1.90. The van der Waals surface area contributed by atoms with Crippen molar-refractivity contribution in [1.82, 2.24) is 9.97 Å². The van der Waals surface area contributed by atoms with Gasteiger partial charge in [-0.3, -0.25) is 0 Å². The highest BCUT2D eigenvalue weighted by Gasteiger charge is 2.05. The summed E-state index contributed by atoms with van der Waals surface area (Å²) in [5, 5.41) is 3.18. The minimum Gasteiger partial charge on any atom is -0.354 e. The molecule has 2 aromatic rings. The highest BCUT2D eigenvalue weighted by molar-refractivity contribution is 5.61. The van der Waals surface area contributed by atoms with E-state index >= 15 is 0 Å². The first kappa shape index (κ1) is 13.5. The molecular weight excluding hydrogens is 234 g/mol. The van der Waals surface area contributed by atoms with Gasteiger partial charge < -0.3 is 5.32 Å². The van der Waals surface area contributed by atoms with Crippen molar-refractivity contribution in [2.24, 2.45) is 0 Å². The first-order valence-corrected chi connectivity index (χ1v) is 6.91. The third kappa shape index (κ3) is 3.53. The maximum atomic E-state index is 4.57. The summed E-state index contributed by atoms with van der Waals surface area (Å²) >= 11 is 0. The summed E-state index contributed by atoms with van der Waals surface area (Å²) in [5.74, 6) is 0.707. The fourth-order valence-electron chi connectivity index (χ4n) is 2.13. The van der Waals surface area contributed by atoms with E-state index in [-0.39, 0.29) is 0 Å². The van der Waals surface area contributed by atoms with Crippen molar-refractivity contribution in [2.45, 2.75) is 33.6 Å². The van der Waals surface area contributed by atoms with Crippen molar-refractivity contribution < 1.29 is 0 Å². The average Bonchev–Trinajstić information content (AvgIpc) is 2.39. The standard InChI is InChI=1S/C16H21N3/c1-4-7-13-8-6-9-14(11-13)15-10-12(3)18-16(19-15)17-5-2/h6,8-11H,4-5,7H2,1-3H3,(H,17,18,19). The molecule has 1 heterocycles. The van der Waals surface area contributed by atoms with Crippen LogP contribution >= 0.6 is 0 Å². The zero-order valence-electron chi connectivity index (χ0n) is 11.9. The molecule has 0 aliphatic heterocycles. The number of aromatic nitrogens is 2. The van der Waals surface area contributed by atoms with Gasteiger partial charge in [-0.2, -0.15) is 0 Å². The van der Waals surface area contributed by atoms with Gasteiger partial charge >= 0.3 is 0 Å². The number of nitrogens with zero attached hydrogens (tertiary/aromatic N) is 2. The van der Waals surface area contributed by atoms with Crippen molar-refractivity contribution in [1.29, 1.82) is 0 Å². The molecule has 0 fully saturated rings. The lowest BCUT2D eigenvalue weighted by Crippen LogP contribution is -2.04. The monoisotopic (exact) mass is 255 g/mol. The van der Waals surface area contributed by atoms with E-state index in [1.807, 2.05) is 19.9 Å². The Balaban J connectivity index is 2.37. The van der Waals surface area contributed by atoms with Gasteiger partial charge in [0.1, 0.15) is 0 Å². The van der Waals surface area contributed by atoms with Gasteiger partial charge in [0.05, 0.1) is 5.69 Å². The Morgan fingerprint density at radius 2 is 1.95 bits per heavy atom. The number of aryl methyl sites for hydroxylation is 2. The first-order valence-electron chi connectivity index (χ1n) is 6.91. The van der Waals surface area contributed by atoms with Gasteiger partial charge in [-0.1, -0.05) is 31.5 Å². The third-order valence-corrected chi connectivity index (χ3v) is 2.95. The van der Waals surface area contributed by atoms with Crippen molar-refractivity contribution in [3.05, 3.63) is 41.6 Å². The Morgan fingerprint density at radius 1 is 1.11 bits per heavy atom. The van der Waals surface area contributed by atoms with Crippen molar-refractivity contribution in [2.75, 3.05) is 11.9 Å². The number of anilines is 1. The molecular formula is C16H21N3. The van der Waals surface area contributed by atoms with Gasteiger partial charge in [0.25, 0.3) is 0 Å². The molecule has 0 radical (unpaired) electrons.